The number of nitrogens with zero attached hydrogens (tertiary/aromatic N) is 2. The molecule has 0 saturated carbocycles. The first kappa shape index (κ1) is 16.1. The number of rotatable bonds is 5. The van der Waals surface area contributed by atoms with Gasteiger partial charge in [-0.1, -0.05) is 66.7 Å². The van der Waals surface area contributed by atoms with Gasteiger partial charge < -0.3 is 9.63 Å². The van der Waals surface area contributed by atoms with E-state index in [0.717, 1.165) is 11.1 Å². The lowest BCUT2D eigenvalue weighted by molar-refractivity contribution is -0.698. The van der Waals surface area contributed by atoms with Crippen LogP contribution in [0.15, 0.2) is 95.8 Å². The Bertz CT molecular complexity index is 967. The van der Waals surface area contributed by atoms with Crippen molar-refractivity contribution in [1.29, 1.82) is 0 Å². The third kappa shape index (κ3) is 3.22. The lowest BCUT2D eigenvalue weighted by Gasteiger charge is -2.17. The summed E-state index contributed by atoms with van der Waals surface area (Å²) in [4.78, 5) is 0. The number of aromatic nitrogens is 2. The standard InChI is InChI=1S/C22H18N2O2/c25-22-20(21(23-26-22)18-12-6-2-7-13-18)19(17-10-4-1-5-11-17)16-24-14-8-3-9-15-24/h1-15,19H,16H2. The molecule has 26 heavy (non-hydrogen) atoms. The van der Waals surface area contributed by atoms with E-state index in [1.54, 1.807) is 0 Å². The maximum atomic E-state index is 12.6. The van der Waals surface area contributed by atoms with E-state index in [1.165, 1.54) is 0 Å². The highest BCUT2D eigenvalue weighted by Gasteiger charge is 2.25. The summed E-state index contributed by atoms with van der Waals surface area (Å²) in [6.45, 7) is 0.626. The Labute approximate surface area is 152 Å². The number of hydrogen-bond acceptors (Lipinski definition) is 3. The molecule has 1 atom stereocenters. The Morgan fingerprint density at radius 2 is 1.46 bits per heavy atom. The van der Waals surface area contributed by atoms with Crippen molar-refractivity contribution in [3.8, 4) is 17.2 Å². The second-order valence-corrected chi connectivity index (χ2v) is 6.13. The Balaban J connectivity index is 1.84. The van der Waals surface area contributed by atoms with Crippen LogP contribution in [0.4, 0.5) is 0 Å². The predicted octanol–water partition coefficient (Wildman–Crippen LogP) is 3.53. The molecular formula is C22H18N2O2. The fourth-order valence-electron chi connectivity index (χ4n) is 3.21. The summed E-state index contributed by atoms with van der Waals surface area (Å²) < 4.78 is 7.14. The quantitative estimate of drug-likeness (QED) is 0.521. The molecule has 0 aliphatic carbocycles. The van der Waals surface area contributed by atoms with Gasteiger partial charge >= 0.3 is 0 Å². The zero-order chi connectivity index (χ0) is 17.8. The van der Waals surface area contributed by atoms with E-state index in [1.807, 2.05) is 91.3 Å². The molecule has 0 N–H and O–H groups in total. The number of hydrogen-bond donors (Lipinski definition) is 0. The minimum Gasteiger partial charge on any atom is -0.544 e. The van der Waals surface area contributed by atoms with E-state index in [0.29, 0.717) is 17.8 Å². The van der Waals surface area contributed by atoms with Crippen LogP contribution >= 0.6 is 0 Å². The maximum absolute atomic E-state index is 12.6. The van der Waals surface area contributed by atoms with Crippen molar-refractivity contribution < 1.29 is 14.2 Å². The van der Waals surface area contributed by atoms with Crippen LogP contribution in [0, 0.1) is 0 Å². The van der Waals surface area contributed by atoms with Crippen molar-refractivity contribution in [1.82, 2.24) is 5.16 Å². The van der Waals surface area contributed by atoms with Crippen LogP contribution in [0.2, 0.25) is 0 Å². The van der Waals surface area contributed by atoms with E-state index in [4.69, 9.17) is 4.52 Å². The number of pyridine rings is 1. The smallest absolute Gasteiger partial charge is 0.168 e. The minimum absolute atomic E-state index is 0.155. The van der Waals surface area contributed by atoms with E-state index < -0.39 is 0 Å². The highest BCUT2D eigenvalue weighted by molar-refractivity contribution is 5.66. The van der Waals surface area contributed by atoms with Gasteiger partial charge in [-0.25, -0.2) is 4.57 Å². The Hall–Kier alpha value is -3.40. The molecule has 0 amide bonds. The molecule has 0 spiro atoms. The zero-order valence-electron chi connectivity index (χ0n) is 14.2. The first-order chi connectivity index (χ1) is 12.8. The molecule has 2 aromatic heterocycles. The van der Waals surface area contributed by atoms with Gasteiger partial charge in [0.15, 0.2) is 18.9 Å². The topological polar surface area (TPSA) is 53.0 Å². The van der Waals surface area contributed by atoms with Gasteiger partial charge in [0.2, 0.25) is 0 Å². The molecule has 4 rings (SSSR count). The summed E-state index contributed by atoms with van der Waals surface area (Å²) in [6, 6.07) is 25.6. The lowest BCUT2D eigenvalue weighted by atomic mass is 9.89. The Morgan fingerprint density at radius 3 is 2.15 bits per heavy atom. The van der Waals surface area contributed by atoms with Crippen LogP contribution in [-0.2, 0) is 6.54 Å². The molecule has 0 saturated heterocycles. The van der Waals surface area contributed by atoms with Crippen molar-refractivity contribution in [2.75, 3.05) is 0 Å². The molecule has 0 radical (unpaired) electrons. The molecular weight excluding hydrogens is 324 g/mol. The summed E-state index contributed by atoms with van der Waals surface area (Å²) in [5.41, 5.74) is 3.15. The van der Waals surface area contributed by atoms with Crippen LogP contribution in [0.25, 0.3) is 11.3 Å². The lowest BCUT2D eigenvalue weighted by Crippen LogP contribution is -2.36. The van der Waals surface area contributed by atoms with Crippen LogP contribution in [-0.4, -0.2) is 5.16 Å². The highest BCUT2D eigenvalue weighted by atomic mass is 16.5. The van der Waals surface area contributed by atoms with E-state index in [-0.39, 0.29) is 11.9 Å². The highest BCUT2D eigenvalue weighted by Crippen LogP contribution is 2.37. The molecule has 2 heterocycles. The normalized spacial score (nSPS) is 12.0. The second-order valence-electron chi connectivity index (χ2n) is 6.13. The van der Waals surface area contributed by atoms with Gasteiger partial charge in [-0.15, -0.1) is 0 Å². The molecule has 2 aromatic carbocycles. The largest absolute Gasteiger partial charge is 0.544 e. The van der Waals surface area contributed by atoms with Gasteiger partial charge in [0, 0.05) is 23.3 Å². The van der Waals surface area contributed by atoms with Gasteiger partial charge in [-0.05, 0) is 5.56 Å². The van der Waals surface area contributed by atoms with Crippen molar-refractivity contribution in [3.05, 3.63) is 102 Å². The molecule has 4 nitrogen and oxygen atoms in total. The molecule has 0 aliphatic heterocycles. The Kier molecular flexibility index (Phi) is 4.48. The van der Waals surface area contributed by atoms with Crippen molar-refractivity contribution in [2.24, 2.45) is 0 Å². The maximum Gasteiger partial charge on any atom is 0.168 e. The summed E-state index contributed by atoms with van der Waals surface area (Å²) in [6.07, 6.45) is 3.99. The molecule has 4 heteroatoms. The van der Waals surface area contributed by atoms with Gasteiger partial charge in [-0.2, -0.15) is 5.16 Å². The summed E-state index contributed by atoms with van der Waals surface area (Å²) >= 11 is 0. The second kappa shape index (κ2) is 7.23. The van der Waals surface area contributed by atoms with Crippen molar-refractivity contribution in [2.45, 2.75) is 12.5 Å². The van der Waals surface area contributed by atoms with Crippen LogP contribution in [0.1, 0.15) is 17.0 Å². The van der Waals surface area contributed by atoms with Crippen LogP contribution in [0.3, 0.4) is 0 Å². The molecule has 0 aliphatic rings. The van der Waals surface area contributed by atoms with E-state index in [9.17, 15) is 5.11 Å². The first-order valence-electron chi connectivity index (χ1n) is 8.54. The van der Waals surface area contributed by atoms with Gasteiger partial charge in [0.1, 0.15) is 0 Å². The number of benzene rings is 2. The predicted molar refractivity (Wildman–Crippen MR) is 96.3 cm³/mol. The fourth-order valence-corrected chi connectivity index (χ4v) is 3.21. The van der Waals surface area contributed by atoms with Gasteiger partial charge in [0.05, 0.1) is 17.6 Å². The monoisotopic (exact) mass is 342 g/mol. The SMILES string of the molecule is [O-]c1onc(-c2ccccc2)c1C(C[n+]1ccccc1)c1ccccc1. The molecule has 1 unspecified atom stereocenters. The minimum atomic E-state index is -0.380. The summed E-state index contributed by atoms with van der Waals surface area (Å²) in [5.74, 6) is -0.535. The van der Waals surface area contributed by atoms with E-state index in [2.05, 4.69) is 9.72 Å². The third-order valence-corrected chi connectivity index (χ3v) is 4.46. The van der Waals surface area contributed by atoms with Crippen LogP contribution < -0.4 is 9.67 Å². The average molecular weight is 342 g/mol. The van der Waals surface area contributed by atoms with E-state index >= 15 is 0 Å². The van der Waals surface area contributed by atoms with Gasteiger partial charge in [-0.3, -0.25) is 0 Å². The summed E-state index contributed by atoms with van der Waals surface area (Å²) in [7, 11) is 0. The van der Waals surface area contributed by atoms with Crippen molar-refractivity contribution in [3.63, 3.8) is 0 Å². The zero-order valence-corrected chi connectivity index (χ0v) is 14.2. The fraction of sp³-hybridized carbons (Fsp3) is 0.0909. The average Bonchev–Trinajstić information content (AvgIpc) is 3.09. The Morgan fingerprint density at radius 1 is 0.846 bits per heavy atom. The van der Waals surface area contributed by atoms with Crippen LogP contribution in [0.5, 0.6) is 5.95 Å². The molecule has 4 aromatic rings. The molecule has 0 bridgehead atoms. The van der Waals surface area contributed by atoms with Crippen molar-refractivity contribution >= 4 is 0 Å². The summed E-state index contributed by atoms with van der Waals surface area (Å²) in [5, 5.41) is 16.7. The molecule has 128 valence electrons. The van der Waals surface area contributed by atoms with Gasteiger partial charge in [0.25, 0.3) is 0 Å². The first-order valence-corrected chi connectivity index (χ1v) is 8.54. The molecule has 0 fully saturated rings. The third-order valence-electron chi connectivity index (χ3n) is 4.46.